The molecule has 42 heavy (non-hydrogen) atoms. The molecule has 3 unspecified atom stereocenters. The molecule has 1 aliphatic heterocycles. The fourth-order valence-corrected chi connectivity index (χ4v) is 6.23. The van der Waals surface area contributed by atoms with E-state index in [0.717, 1.165) is 48.9 Å². The van der Waals surface area contributed by atoms with Gasteiger partial charge < -0.3 is 5.32 Å². The molecule has 0 spiro atoms. The van der Waals surface area contributed by atoms with E-state index in [2.05, 4.69) is 20.3 Å². The molecule has 1 N–H and O–H groups in total. The van der Waals surface area contributed by atoms with Crippen molar-refractivity contribution >= 4 is 15.9 Å². The van der Waals surface area contributed by atoms with Crippen molar-refractivity contribution in [2.24, 2.45) is 0 Å². The molecule has 3 aromatic rings. The Morgan fingerprint density at radius 3 is 2.19 bits per heavy atom. The maximum Gasteiger partial charge on any atom is 0.451 e. The van der Waals surface area contributed by atoms with E-state index < -0.39 is 82.5 Å². The van der Waals surface area contributed by atoms with Gasteiger partial charge >= 0.3 is 12.4 Å². The Morgan fingerprint density at radius 1 is 1.00 bits per heavy atom. The number of carbonyl (C=O) groups is 1. The van der Waals surface area contributed by atoms with Crippen LogP contribution in [0.25, 0.3) is 11.3 Å². The van der Waals surface area contributed by atoms with E-state index in [1.54, 1.807) is 0 Å². The van der Waals surface area contributed by atoms with E-state index in [-0.39, 0.29) is 22.4 Å². The van der Waals surface area contributed by atoms with Gasteiger partial charge in [-0.05, 0) is 48.4 Å². The summed E-state index contributed by atoms with van der Waals surface area (Å²) in [7, 11) is -4.49. The number of sulfonamides is 1. The van der Waals surface area contributed by atoms with Gasteiger partial charge in [0.2, 0.25) is 21.8 Å². The van der Waals surface area contributed by atoms with Gasteiger partial charge in [0, 0.05) is 37.1 Å². The number of amides is 1. The lowest BCUT2D eigenvalue weighted by atomic mass is 10.0. The number of nitrogens with zero attached hydrogens (tertiary/aromatic N) is 4. The van der Waals surface area contributed by atoms with E-state index in [4.69, 9.17) is 0 Å². The number of carbonyl (C=O) groups excluding carboxylic acids is 1. The Kier molecular flexibility index (Phi) is 8.55. The third-order valence-corrected chi connectivity index (χ3v) is 8.51. The molecule has 0 aliphatic carbocycles. The largest absolute Gasteiger partial charge is 0.451 e. The Balaban J connectivity index is 1.61. The predicted molar refractivity (Wildman–Crippen MR) is 130 cm³/mol. The first-order chi connectivity index (χ1) is 19.5. The lowest BCUT2D eigenvalue weighted by Gasteiger charge is -2.27. The molecule has 1 fully saturated rings. The first kappa shape index (κ1) is 31.2. The fraction of sp³-hybridized carbons (Fsp3) is 0.360. The van der Waals surface area contributed by atoms with Crippen LogP contribution in [0.3, 0.4) is 0 Å². The number of halogens is 8. The number of hydrogen-bond acceptors (Lipinski definition) is 6. The van der Waals surface area contributed by atoms with Gasteiger partial charge in [-0.3, -0.25) is 9.78 Å². The van der Waals surface area contributed by atoms with Crippen molar-refractivity contribution in [1.29, 1.82) is 0 Å². The molecule has 8 nitrogen and oxygen atoms in total. The summed E-state index contributed by atoms with van der Waals surface area (Å²) in [6.45, 7) is 0.648. The summed E-state index contributed by atoms with van der Waals surface area (Å²) < 4.78 is 133. The minimum atomic E-state index is -4.83. The summed E-state index contributed by atoms with van der Waals surface area (Å²) in [5.41, 5.74) is -0.673. The molecule has 2 aromatic heterocycles. The summed E-state index contributed by atoms with van der Waals surface area (Å²) in [6.07, 6.45) is -10.9. The highest BCUT2D eigenvalue weighted by atomic mass is 32.2. The third kappa shape index (κ3) is 6.83. The summed E-state index contributed by atoms with van der Waals surface area (Å²) in [4.78, 5) is 23.0. The molecule has 3 atom stereocenters. The lowest BCUT2D eigenvalue weighted by Crippen LogP contribution is -2.48. The Labute approximate surface area is 233 Å². The van der Waals surface area contributed by atoms with Crippen molar-refractivity contribution in [2.45, 2.75) is 61.8 Å². The zero-order valence-corrected chi connectivity index (χ0v) is 22.2. The average molecular weight is 624 g/mol. The average Bonchev–Trinajstić information content (AvgIpc) is 3.21. The molecule has 226 valence electrons. The second kappa shape index (κ2) is 11.5. The van der Waals surface area contributed by atoms with Crippen LogP contribution in [0.2, 0.25) is 0 Å². The summed E-state index contributed by atoms with van der Waals surface area (Å²) >= 11 is 0. The van der Waals surface area contributed by atoms with Crippen molar-refractivity contribution in [2.75, 3.05) is 0 Å². The second-order valence-corrected chi connectivity index (χ2v) is 11.3. The van der Waals surface area contributed by atoms with Crippen LogP contribution in [0.5, 0.6) is 0 Å². The van der Waals surface area contributed by atoms with Crippen LogP contribution in [-0.4, -0.2) is 58.0 Å². The highest BCUT2D eigenvalue weighted by Gasteiger charge is 2.49. The zero-order chi connectivity index (χ0) is 31.0. The zero-order valence-electron chi connectivity index (χ0n) is 21.4. The van der Waals surface area contributed by atoms with Crippen LogP contribution in [0.15, 0.2) is 53.8 Å². The van der Waals surface area contributed by atoms with Gasteiger partial charge in [-0.15, -0.1) is 0 Å². The highest BCUT2D eigenvalue weighted by Crippen LogP contribution is 2.34. The quantitative estimate of drug-likeness (QED) is 0.386. The van der Waals surface area contributed by atoms with Gasteiger partial charge in [-0.1, -0.05) is 0 Å². The van der Waals surface area contributed by atoms with Gasteiger partial charge in [0.1, 0.15) is 18.0 Å². The second-order valence-electron chi connectivity index (χ2n) is 9.44. The Hall–Kier alpha value is -3.73. The first-order valence-electron chi connectivity index (χ1n) is 12.1. The van der Waals surface area contributed by atoms with Gasteiger partial charge in [0.05, 0.1) is 23.1 Å². The van der Waals surface area contributed by atoms with E-state index in [9.17, 15) is 48.3 Å². The van der Waals surface area contributed by atoms with Crippen molar-refractivity contribution in [3.63, 3.8) is 0 Å². The molecule has 0 saturated carbocycles. The van der Waals surface area contributed by atoms with Gasteiger partial charge in [0.15, 0.2) is 0 Å². The highest BCUT2D eigenvalue weighted by molar-refractivity contribution is 7.89. The maximum atomic E-state index is 14.7. The molecule has 0 radical (unpaired) electrons. The van der Waals surface area contributed by atoms with Crippen molar-refractivity contribution in [3.8, 4) is 11.3 Å². The molecule has 3 heterocycles. The van der Waals surface area contributed by atoms with Gasteiger partial charge in [-0.2, -0.15) is 30.6 Å². The summed E-state index contributed by atoms with van der Waals surface area (Å²) in [6, 6.07) is 1.87. The van der Waals surface area contributed by atoms with Crippen LogP contribution < -0.4 is 5.32 Å². The fourth-order valence-electron chi connectivity index (χ4n) is 4.42. The van der Waals surface area contributed by atoms with E-state index >= 15 is 0 Å². The van der Waals surface area contributed by atoms with Crippen molar-refractivity contribution in [3.05, 3.63) is 71.7 Å². The monoisotopic (exact) mass is 623 g/mol. The van der Waals surface area contributed by atoms with Gasteiger partial charge in [0.25, 0.3) is 0 Å². The Bertz CT molecular complexity index is 1550. The number of nitrogens with one attached hydrogen (secondary N) is 1. The van der Waals surface area contributed by atoms with Crippen LogP contribution >= 0.6 is 0 Å². The number of alkyl halides is 7. The molecule has 4 rings (SSSR count). The summed E-state index contributed by atoms with van der Waals surface area (Å²) in [5, 5.41) is 2.33. The van der Waals surface area contributed by atoms with Crippen LogP contribution in [0.1, 0.15) is 30.3 Å². The smallest absolute Gasteiger partial charge is 0.351 e. The molecular formula is C25H21F8N5O3S. The third-order valence-electron chi connectivity index (χ3n) is 6.50. The van der Waals surface area contributed by atoms with Crippen molar-refractivity contribution < 1.29 is 48.3 Å². The van der Waals surface area contributed by atoms with E-state index in [1.807, 2.05) is 0 Å². The van der Waals surface area contributed by atoms with Crippen LogP contribution in [0, 0.1) is 5.82 Å². The molecule has 1 aliphatic rings. The van der Waals surface area contributed by atoms with Crippen LogP contribution in [-0.2, 0) is 34.0 Å². The maximum absolute atomic E-state index is 14.7. The topological polar surface area (TPSA) is 105 Å². The number of rotatable bonds is 7. The normalized spacial score (nSPS) is 20.1. The number of aromatic nitrogens is 3. The number of pyridine rings is 1. The minimum absolute atomic E-state index is 0.0596. The molecule has 0 bridgehead atoms. The standard InChI is InChI=1S/C25H21F8N5O3S/c1-13-19(27)7-21(38(13)42(40,41)18-4-2-17(26)3-5-18)22(39)35-9-14-6-20(34-10-15(14)8-24(28,29)30)16-11-36-23(37-12-16)25(31,32)33/h2-6,10-13,19,21H,7-9H2,1H3,(H,35,39). The predicted octanol–water partition coefficient (Wildman–Crippen LogP) is 4.61. The SMILES string of the molecule is CC1C(F)CC(C(=O)NCc2cc(-c3cnc(C(F)(F)F)nc3)ncc2CC(F)(F)F)N1S(=O)(=O)c1ccc(F)cc1. The molecular weight excluding hydrogens is 602 g/mol. The van der Waals surface area contributed by atoms with Crippen LogP contribution in [0.4, 0.5) is 35.1 Å². The first-order valence-corrected chi connectivity index (χ1v) is 13.6. The number of hydrogen-bond donors (Lipinski definition) is 1. The number of benzene rings is 1. The van der Waals surface area contributed by atoms with E-state index in [1.165, 1.54) is 6.92 Å². The van der Waals surface area contributed by atoms with E-state index in [0.29, 0.717) is 4.31 Å². The molecule has 1 amide bonds. The van der Waals surface area contributed by atoms with Gasteiger partial charge in [-0.25, -0.2) is 27.2 Å². The molecule has 17 heteroatoms. The molecule has 1 saturated heterocycles. The summed E-state index contributed by atoms with van der Waals surface area (Å²) in [5.74, 6) is -3.18. The molecule has 1 aromatic carbocycles. The minimum Gasteiger partial charge on any atom is -0.351 e. The lowest BCUT2D eigenvalue weighted by molar-refractivity contribution is -0.145. The Morgan fingerprint density at radius 2 is 1.62 bits per heavy atom. The van der Waals surface area contributed by atoms with Crippen molar-refractivity contribution in [1.82, 2.24) is 24.6 Å².